The molecule has 0 amide bonds. The number of hydrogen-bond acceptors (Lipinski definition) is 5. The largest absolute Gasteiger partial charge is 0.397 e. The Morgan fingerprint density at radius 1 is 1.13 bits per heavy atom. The van der Waals surface area contributed by atoms with Crippen LogP contribution in [0.4, 0.5) is 15.9 Å². The molecule has 0 aliphatic carbocycles. The third-order valence-electron chi connectivity index (χ3n) is 6.26. The molecule has 2 N–H and O–H groups in total. The summed E-state index contributed by atoms with van der Waals surface area (Å²) < 4.78 is 14.1. The van der Waals surface area contributed by atoms with Crippen molar-refractivity contribution in [3.05, 3.63) is 51.9 Å². The summed E-state index contributed by atoms with van der Waals surface area (Å²) in [4.78, 5) is 11.6. The molecule has 0 bridgehead atoms. The summed E-state index contributed by atoms with van der Waals surface area (Å²) in [7, 11) is 0. The first kappa shape index (κ1) is 21.6. The van der Waals surface area contributed by atoms with Gasteiger partial charge in [0.1, 0.15) is 11.6 Å². The molecule has 1 aromatic heterocycles. The summed E-state index contributed by atoms with van der Waals surface area (Å²) in [5.41, 5.74) is 7.07. The van der Waals surface area contributed by atoms with Crippen molar-refractivity contribution in [2.24, 2.45) is 0 Å². The Hall–Kier alpha value is -1.60. The summed E-state index contributed by atoms with van der Waals surface area (Å²) in [6, 6.07) is 7.69. The smallest absolute Gasteiger partial charge is 0.147 e. The van der Waals surface area contributed by atoms with Crippen LogP contribution in [-0.4, -0.2) is 59.6 Å². The molecule has 2 aliphatic heterocycles. The molecule has 0 saturated carbocycles. The number of halogens is 3. The molecule has 0 spiro atoms. The molecule has 5 nitrogen and oxygen atoms in total. The fourth-order valence-electron chi connectivity index (χ4n) is 4.68. The van der Waals surface area contributed by atoms with Crippen LogP contribution in [-0.2, 0) is 6.54 Å². The van der Waals surface area contributed by atoms with E-state index in [-0.39, 0.29) is 5.82 Å². The van der Waals surface area contributed by atoms with Crippen molar-refractivity contribution in [2.45, 2.75) is 38.4 Å². The Labute approximate surface area is 187 Å². The summed E-state index contributed by atoms with van der Waals surface area (Å²) in [6.07, 6.45) is 3.86. The minimum atomic E-state index is -0.218. The summed E-state index contributed by atoms with van der Waals surface area (Å²) in [6.45, 7) is 7.65. The Morgan fingerprint density at radius 2 is 1.90 bits per heavy atom. The van der Waals surface area contributed by atoms with Gasteiger partial charge in [0.2, 0.25) is 0 Å². The van der Waals surface area contributed by atoms with Gasteiger partial charge in [0.25, 0.3) is 0 Å². The van der Waals surface area contributed by atoms with Crippen LogP contribution < -0.4 is 10.6 Å². The fraction of sp³-hybridized carbons (Fsp3) is 0.500. The van der Waals surface area contributed by atoms with E-state index in [9.17, 15) is 4.39 Å². The van der Waals surface area contributed by atoms with E-state index in [1.54, 1.807) is 24.4 Å². The monoisotopic (exact) mass is 451 g/mol. The number of likely N-dealkylation sites (tertiary alicyclic amines) is 1. The predicted molar refractivity (Wildman–Crippen MR) is 122 cm³/mol. The maximum atomic E-state index is 14.1. The van der Waals surface area contributed by atoms with Crippen LogP contribution in [0.2, 0.25) is 10.0 Å². The predicted octanol–water partition coefficient (Wildman–Crippen LogP) is 4.28. The van der Waals surface area contributed by atoms with Gasteiger partial charge in [-0.3, -0.25) is 9.80 Å². The van der Waals surface area contributed by atoms with Crippen LogP contribution in [0.5, 0.6) is 0 Å². The molecule has 1 aromatic carbocycles. The lowest BCUT2D eigenvalue weighted by atomic mass is 9.99. The summed E-state index contributed by atoms with van der Waals surface area (Å²) in [5, 5.41) is 1.05. The van der Waals surface area contributed by atoms with Gasteiger partial charge in [0.05, 0.1) is 16.9 Å². The highest BCUT2D eigenvalue weighted by molar-refractivity contribution is 6.33. The zero-order valence-electron chi connectivity index (χ0n) is 17.2. The summed E-state index contributed by atoms with van der Waals surface area (Å²) >= 11 is 12.2. The van der Waals surface area contributed by atoms with Crippen molar-refractivity contribution in [3.63, 3.8) is 0 Å². The Kier molecular flexibility index (Phi) is 6.68. The zero-order valence-corrected chi connectivity index (χ0v) is 18.7. The molecule has 3 heterocycles. The molecule has 2 aromatic rings. The van der Waals surface area contributed by atoms with E-state index in [1.165, 1.54) is 6.07 Å². The minimum absolute atomic E-state index is 0.218. The molecule has 2 saturated heterocycles. The molecule has 2 fully saturated rings. The van der Waals surface area contributed by atoms with E-state index in [2.05, 4.69) is 26.6 Å². The molecule has 30 heavy (non-hydrogen) atoms. The van der Waals surface area contributed by atoms with Crippen molar-refractivity contribution in [1.29, 1.82) is 0 Å². The topological polar surface area (TPSA) is 48.6 Å². The van der Waals surface area contributed by atoms with Crippen molar-refractivity contribution < 1.29 is 4.39 Å². The first-order valence-corrected chi connectivity index (χ1v) is 11.2. The van der Waals surface area contributed by atoms with Gasteiger partial charge in [0, 0.05) is 48.8 Å². The second-order valence-corrected chi connectivity index (χ2v) is 9.19. The first-order chi connectivity index (χ1) is 14.4. The van der Waals surface area contributed by atoms with E-state index < -0.39 is 0 Å². The third-order valence-corrected chi connectivity index (χ3v) is 6.77. The van der Waals surface area contributed by atoms with Gasteiger partial charge in [-0.15, -0.1) is 0 Å². The first-order valence-electron chi connectivity index (χ1n) is 10.5. The summed E-state index contributed by atoms with van der Waals surface area (Å²) in [5.74, 6) is 0.599. The fourth-order valence-corrected chi connectivity index (χ4v) is 5.14. The van der Waals surface area contributed by atoms with E-state index in [1.807, 2.05) is 0 Å². The minimum Gasteiger partial charge on any atom is -0.397 e. The molecule has 162 valence electrons. The van der Waals surface area contributed by atoms with Crippen LogP contribution in [0.1, 0.15) is 25.3 Å². The van der Waals surface area contributed by atoms with Crippen LogP contribution in [0.25, 0.3) is 0 Å². The second kappa shape index (κ2) is 9.27. The van der Waals surface area contributed by atoms with Crippen LogP contribution in [0.3, 0.4) is 0 Å². The Morgan fingerprint density at radius 3 is 2.57 bits per heavy atom. The van der Waals surface area contributed by atoms with Gasteiger partial charge < -0.3 is 10.6 Å². The molecular formula is C22H28Cl2FN5. The van der Waals surface area contributed by atoms with E-state index in [4.69, 9.17) is 28.9 Å². The quantitative estimate of drug-likeness (QED) is 0.751. The average molecular weight is 452 g/mol. The van der Waals surface area contributed by atoms with Gasteiger partial charge in [-0.25, -0.2) is 9.37 Å². The number of piperidine rings is 1. The van der Waals surface area contributed by atoms with Crippen LogP contribution >= 0.6 is 23.2 Å². The number of nitrogens with zero attached hydrogens (tertiary/aromatic N) is 4. The molecule has 2 aliphatic rings. The highest BCUT2D eigenvalue weighted by atomic mass is 35.5. The molecule has 4 rings (SSSR count). The number of aromatic nitrogens is 1. The molecule has 0 unspecified atom stereocenters. The maximum absolute atomic E-state index is 14.1. The van der Waals surface area contributed by atoms with E-state index >= 15 is 0 Å². The van der Waals surface area contributed by atoms with Gasteiger partial charge in [-0.2, -0.15) is 0 Å². The Bertz CT molecular complexity index is 888. The number of nitrogens with two attached hydrogens (primary N) is 1. The number of piperazine rings is 1. The SMILES string of the molecule is C[C@H]1CN(c2ncc(N)cc2Cl)CCN1C1CCN(Cc2ccc(Cl)cc2F)CC1. The standard InChI is InChI=1S/C22H28Cl2FN5/c1-15-13-29(22-20(24)11-18(26)12-27-22)8-9-30(15)19-4-6-28(7-5-19)14-16-2-3-17(23)10-21(16)25/h2-3,10-12,15,19H,4-9,13-14,26H2,1H3/t15-/m0/s1. The third kappa shape index (κ3) is 4.83. The maximum Gasteiger partial charge on any atom is 0.147 e. The van der Waals surface area contributed by atoms with Crippen molar-refractivity contribution in [2.75, 3.05) is 43.4 Å². The Balaban J connectivity index is 1.31. The lowest BCUT2D eigenvalue weighted by molar-refractivity contribution is 0.0687. The number of anilines is 2. The van der Waals surface area contributed by atoms with Crippen molar-refractivity contribution in [1.82, 2.24) is 14.8 Å². The molecule has 8 heteroatoms. The number of nitrogen functional groups attached to an aromatic ring is 1. The highest BCUT2D eigenvalue weighted by Crippen LogP contribution is 2.29. The van der Waals surface area contributed by atoms with Crippen LogP contribution in [0.15, 0.2) is 30.5 Å². The average Bonchev–Trinajstić information content (AvgIpc) is 2.71. The van der Waals surface area contributed by atoms with Gasteiger partial charge in [-0.1, -0.05) is 29.3 Å². The van der Waals surface area contributed by atoms with Crippen molar-refractivity contribution >= 4 is 34.7 Å². The number of rotatable bonds is 4. The van der Waals surface area contributed by atoms with E-state index in [0.717, 1.165) is 51.4 Å². The lowest BCUT2D eigenvalue weighted by Crippen LogP contribution is -2.57. The van der Waals surface area contributed by atoms with Crippen LogP contribution in [0, 0.1) is 5.82 Å². The number of hydrogen-bond donors (Lipinski definition) is 1. The van der Waals surface area contributed by atoms with E-state index in [0.29, 0.717) is 39.9 Å². The normalized spacial score (nSPS) is 21.9. The molecule has 1 atom stereocenters. The number of benzene rings is 1. The zero-order chi connectivity index (χ0) is 21.3. The van der Waals surface area contributed by atoms with Gasteiger partial charge in [-0.05, 0) is 51.1 Å². The van der Waals surface area contributed by atoms with Crippen molar-refractivity contribution in [3.8, 4) is 0 Å². The van der Waals surface area contributed by atoms with Gasteiger partial charge in [0.15, 0.2) is 0 Å². The second-order valence-electron chi connectivity index (χ2n) is 8.35. The number of pyridine rings is 1. The molecular weight excluding hydrogens is 424 g/mol. The van der Waals surface area contributed by atoms with Gasteiger partial charge >= 0.3 is 0 Å². The lowest BCUT2D eigenvalue weighted by Gasteiger charge is -2.47. The highest BCUT2D eigenvalue weighted by Gasteiger charge is 2.32. The molecule has 0 radical (unpaired) electrons.